The number of primary amides is 1. The molecule has 0 bridgehead atoms. The summed E-state index contributed by atoms with van der Waals surface area (Å²) >= 11 is 0. The molecule has 0 aromatic heterocycles. The molecule has 1 atom stereocenters. The number of aliphatic carboxylic acids is 1. The van der Waals surface area contributed by atoms with E-state index in [1.165, 1.54) is 0 Å². The molecule has 2 amide bonds. The lowest BCUT2D eigenvalue weighted by Gasteiger charge is -2.26. The van der Waals surface area contributed by atoms with E-state index in [4.69, 9.17) is 16.6 Å². The van der Waals surface area contributed by atoms with Crippen LogP contribution in [0.1, 0.15) is 25.8 Å². The second-order valence-corrected chi connectivity index (χ2v) is 5.28. The van der Waals surface area contributed by atoms with Crippen molar-refractivity contribution in [3.63, 3.8) is 0 Å². The zero-order valence-corrected chi connectivity index (χ0v) is 11.9. The van der Waals surface area contributed by atoms with Crippen LogP contribution >= 0.6 is 0 Å². The second-order valence-electron chi connectivity index (χ2n) is 5.28. The average Bonchev–Trinajstić information content (AvgIpc) is 2.37. The summed E-state index contributed by atoms with van der Waals surface area (Å²) in [6.07, 6.45) is -0.459. The van der Waals surface area contributed by atoms with Crippen LogP contribution in [0.3, 0.4) is 0 Å². The van der Waals surface area contributed by atoms with Gasteiger partial charge < -0.3 is 21.9 Å². The molecule has 1 rings (SSSR count). The Balaban J connectivity index is 2.91. The molecule has 6 N–H and O–H groups in total. The predicted molar refractivity (Wildman–Crippen MR) is 77.3 cm³/mol. The van der Waals surface area contributed by atoms with Crippen LogP contribution in [0.2, 0.25) is 0 Å². The van der Waals surface area contributed by atoms with Gasteiger partial charge in [-0.3, -0.25) is 9.59 Å². The Kier molecular flexibility index (Phi) is 4.91. The summed E-state index contributed by atoms with van der Waals surface area (Å²) < 4.78 is 0. The maximum absolute atomic E-state index is 12.3. The van der Waals surface area contributed by atoms with Crippen molar-refractivity contribution in [3.8, 4) is 0 Å². The minimum atomic E-state index is -1.34. The summed E-state index contributed by atoms with van der Waals surface area (Å²) in [5, 5.41) is 11.3. The van der Waals surface area contributed by atoms with Gasteiger partial charge in [-0.15, -0.1) is 0 Å². The molecule has 0 saturated heterocycles. The van der Waals surface area contributed by atoms with Gasteiger partial charge in [-0.25, -0.2) is 4.79 Å². The van der Waals surface area contributed by atoms with Crippen molar-refractivity contribution in [1.82, 2.24) is 5.32 Å². The Bertz CT molecular complexity index is 552. The Morgan fingerprint density at radius 3 is 2.19 bits per heavy atom. The number of carboxylic acid groups (broad SMARTS) is 1. The highest BCUT2D eigenvalue weighted by Gasteiger charge is 2.33. The number of amides is 2. The molecule has 0 fully saturated rings. The summed E-state index contributed by atoms with van der Waals surface area (Å²) in [4.78, 5) is 34.2. The molecule has 0 aliphatic rings. The van der Waals surface area contributed by atoms with E-state index in [0.29, 0.717) is 11.3 Å². The minimum absolute atomic E-state index is 0.459. The quantitative estimate of drug-likeness (QED) is 0.547. The number of carbonyl (C=O) groups is 3. The van der Waals surface area contributed by atoms with E-state index in [2.05, 4.69) is 5.32 Å². The zero-order valence-electron chi connectivity index (χ0n) is 11.9. The van der Waals surface area contributed by atoms with E-state index >= 15 is 0 Å². The van der Waals surface area contributed by atoms with Gasteiger partial charge in [-0.05, 0) is 31.5 Å². The van der Waals surface area contributed by atoms with Gasteiger partial charge in [-0.1, -0.05) is 12.1 Å². The van der Waals surface area contributed by atoms with E-state index in [1.54, 1.807) is 38.1 Å². The summed E-state index contributed by atoms with van der Waals surface area (Å²) in [6.45, 7) is 3.30. The maximum atomic E-state index is 12.3. The van der Waals surface area contributed by atoms with Gasteiger partial charge in [0.05, 0.1) is 11.8 Å². The molecule has 7 nitrogen and oxygen atoms in total. The van der Waals surface area contributed by atoms with Crippen LogP contribution in [0.25, 0.3) is 0 Å². The number of rotatable bonds is 6. The van der Waals surface area contributed by atoms with Crippen molar-refractivity contribution >= 4 is 23.5 Å². The number of hydrogen-bond acceptors (Lipinski definition) is 4. The average molecular weight is 293 g/mol. The van der Waals surface area contributed by atoms with Crippen LogP contribution in [-0.2, 0) is 19.8 Å². The Morgan fingerprint density at radius 1 is 1.24 bits per heavy atom. The normalized spacial score (nSPS) is 12.5. The number of benzene rings is 1. The fraction of sp³-hybridized carbons (Fsp3) is 0.357. The molecule has 0 saturated carbocycles. The fourth-order valence-electron chi connectivity index (χ4n) is 1.77. The summed E-state index contributed by atoms with van der Waals surface area (Å²) in [5.41, 5.74) is 10.8. The number of anilines is 1. The Labute approximate surface area is 122 Å². The number of nitrogens with one attached hydrogen (secondary N) is 1. The Morgan fingerprint density at radius 2 is 1.76 bits per heavy atom. The van der Waals surface area contributed by atoms with Crippen molar-refractivity contribution in [3.05, 3.63) is 29.8 Å². The van der Waals surface area contributed by atoms with Crippen LogP contribution in [0.5, 0.6) is 0 Å². The molecule has 21 heavy (non-hydrogen) atoms. The van der Waals surface area contributed by atoms with Gasteiger partial charge in [0.15, 0.2) is 0 Å². The molecule has 114 valence electrons. The molecule has 7 heteroatoms. The monoisotopic (exact) mass is 293 g/mol. The first-order valence-corrected chi connectivity index (χ1v) is 6.32. The number of carboxylic acids is 1. The van der Waals surface area contributed by atoms with Crippen LogP contribution in [-0.4, -0.2) is 28.9 Å². The van der Waals surface area contributed by atoms with Crippen molar-refractivity contribution in [2.24, 2.45) is 5.73 Å². The van der Waals surface area contributed by atoms with Crippen molar-refractivity contribution in [2.45, 2.75) is 31.7 Å². The van der Waals surface area contributed by atoms with E-state index in [-0.39, 0.29) is 0 Å². The van der Waals surface area contributed by atoms with Gasteiger partial charge in [-0.2, -0.15) is 0 Å². The topological polar surface area (TPSA) is 136 Å². The SMILES string of the molecule is CC(C)(C(=O)N[C@@H](CC(N)=O)C(=O)O)c1ccc(N)cc1. The molecule has 0 heterocycles. The van der Waals surface area contributed by atoms with Crippen molar-refractivity contribution in [2.75, 3.05) is 5.73 Å². The lowest BCUT2D eigenvalue weighted by Crippen LogP contribution is -2.49. The highest BCUT2D eigenvalue weighted by atomic mass is 16.4. The predicted octanol–water partition coefficient (Wildman–Crippen LogP) is -0.00880. The van der Waals surface area contributed by atoms with Gasteiger partial charge >= 0.3 is 5.97 Å². The van der Waals surface area contributed by atoms with Gasteiger partial charge in [0.25, 0.3) is 0 Å². The molecule has 1 aromatic carbocycles. The molecule has 0 radical (unpaired) electrons. The van der Waals surface area contributed by atoms with E-state index in [1.807, 2.05) is 0 Å². The molecule has 0 unspecified atom stereocenters. The van der Waals surface area contributed by atoms with Crippen LogP contribution in [0, 0.1) is 0 Å². The summed E-state index contributed by atoms with van der Waals surface area (Å²) in [7, 11) is 0. The lowest BCUT2D eigenvalue weighted by molar-refractivity contribution is -0.144. The highest BCUT2D eigenvalue weighted by Crippen LogP contribution is 2.24. The third-order valence-electron chi connectivity index (χ3n) is 3.21. The number of hydrogen-bond donors (Lipinski definition) is 4. The minimum Gasteiger partial charge on any atom is -0.480 e. The van der Waals surface area contributed by atoms with Crippen molar-refractivity contribution in [1.29, 1.82) is 0 Å². The number of nitrogen functional groups attached to an aromatic ring is 1. The lowest BCUT2D eigenvalue weighted by atomic mass is 9.83. The molecule has 0 spiro atoms. The number of nitrogens with two attached hydrogens (primary N) is 2. The molecule has 1 aromatic rings. The van der Waals surface area contributed by atoms with Crippen LogP contribution < -0.4 is 16.8 Å². The first-order chi connectivity index (χ1) is 9.64. The standard InChI is InChI=1S/C14H19N3O4/c1-14(2,8-3-5-9(15)6-4-8)13(21)17-10(12(19)20)7-11(16)18/h3-6,10H,7,15H2,1-2H3,(H2,16,18)(H,17,21)(H,19,20)/t10-/m0/s1. The number of carbonyl (C=O) groups excluding carboxylic acids is 2. The fourth-order valence-corrected chi connectivity index (χ4v) is 1.77. The summed E-state index contributed by atoms with van der Waals surface area (Å²) in [6, 6.07) is 5.35. The third-order valence-corrected chi connectivity index (χ3v) is 3.21. The van der Waals surface area contributed by atoms with Crippen LogP contribution in [0.15, 0.2) is 24.3 Å². The summed E-state index contributed by atoms with van der Waals surface area (Å²) in [5.74, 6) is -2.62. The third kappa shape index (κ3) is 4.20. The molecular formula is C14H19N3O4. The first-order valence-electron chi connectivity index (χ1n) is 6.32. The largest absolute Gasteiger partial charge is 0.480 e. The first kappa shape index (κ1) is 16.5. The van der Waals surface area contributed by atoms with Gasteiger partial charge in [0, 0.05) is 5.69 Å². The second kappa shape index (κ2) is 6.25. The zero-order chi connectivity index (χ0) is 16.2. The van der Waals surface area contributed by atoms with Gasteiger partial charge in [0.2, 0.25) is 11.8 Å². The highest BCUT2D eigenvalue weighted by molar-refractivity contribution is 5.92. The maximum Gasteiger partial charge on any atom is 0.326 e. The molecule has 0 aliphatic heterocycles. The van der Waals surface area contributed by atoms with Gasteiger partial charge in [0.1, 0.15) is 6.04 Å². The van der Waals surface area contributed by atoms with E-state index < -0.39 is 35.7 Å². The van der Waals surface area contributed by atoms with Crippen LogP contribution in [0.4, 0.5) is 5.69 Å². The Hall–Kier alpha value is -2.57. The van der Waals surface area contributed by atoms with E-state index in [0.717, 1.165) is 0 Å². The smallest absolute Gasteiger partial charge is 0.326 e. The van der Waals surface area contributed by atoms with E-state index in [9.17, 15) is 14.4 Å². The molecular weight excluding hydrogens is 274 g/mol. The molecule has 0 aliphatic carbocycles. The van der Waals surface area contributed by atoms with Crippen molar-refractivity contribution < 1.29 is 19.5 Å².